The fraction of sp³-hybridized carbons (Fsp3) is 0.174. The van der Waals surface area contributed by atoms with Crippen LogP contribution in [0.2, 0.25) is 0 Å². The van der Waals surface area contributed by atoms with Crippen LogP contribution in [0.1, 0.15) is 23.6 Å². The number of ether oxygens (including phenoxy) is 1. The highest BCUT2D eigenvalue weighted by molar-refractivity contribution is 7.23. The van der Waals surface area contributed by atoms with Gasteiger partial charge in [0.1, 0.15) is 6.61 Å². The molecular formula is C23H18N4O4S. The van der Waals surface area contributed by atoms with Crippen LogP contribution in [-0.2, 0) is 22.6 Å². The molecule has 0 atom stereocenters. The maximum Gasteiger partial charge on any atom is 0.306 e. The van der Waals surface area contributed by atoms with E-state index in [0.29, 0.717) is 22.4 Å². The lowest BCUT2D eigenvalue weighted by Crippen LogP contribution is -2.15. The number of nitrogens with zero attached hydrogens (tertiary/aromatic N) is 4. The highest BCUT2D eigenvalue weighted by Gasteiger charge is 2.13. The second kappa shape index (κ2) is 8.35. The average Bonchev–Trinajstić information content (AvgIpc) is 3.41. The first-order chi connectivity index (χ1) is 15.6. The molecule has 0 radical (unpaired) electrons. The van der Waals surface area contributed by atoms with Gasteiger partial charge in [-0.15, -0.1) is 10.2 Å². The summed E-state index contributed by atoms with van der Waals surface area (Å²) in [6.07, 6.45) is 0.350. The number of hydrogen-bond donors (Lipinski definition) is 0. The van der Waals surface area contributed by atoms with E-state index in [4.69, 9.17) is 9.15 Å². The standard InChI is InChI=1S/C23H18N4O4S/c1-14-6-8-15(9-7-14)22-26-25-19(31-22)10-11-21(29)30-13-16-12-20(28)27-17-4-2-3-5-18(17)32-23(27)24-16/h2-9,12H,10-11,13H2,1H3. The minimum atomic E-state index is -0.432. The normalized spacial score (nSPS) is 11.3. The van der Waals surface area contributed by atoms with Gasteiger partial charge < -0.3 is 9.15 Å². The van der Waals surface area contributed by atoms with Crippen LogP contribution >= 0.6 is 11.3 Å². The number of esters is 1. The van der Waals surface area contributed by atoms with Gasteiger partial charge in [-0.05, 0) is 31.2 Å². The molecule has 5 rings (SSSR count). The van der Waals surface area contributed by atoms with E-state index in [1.807, 2.05) is 55.5 Å². The van der Waals surface area contributed by atoms with Gasteiger partial charge in [-0.3, -0.25) is 14.0 Å². The van der Waals surface area contributed by atoms with E-state index < -0.39 is 5.97 Å². The first-order valence-electron chi connectivity index (χ1n) is 10.0. The minimum absolute atomic E-state index is 0.0722. The van der Waals surface area contributed by atoms with Gasteiger partial charge in [0.15, 0.2) is 4.96 Å². The Hall–Kier alpha value is -3.85. The summed E-state index contributed by atoms with van der Waals surface area (Å²) in [7, 11) is 0. The zero-order valence-corrected chi connectivity index (χ0v) is 18.0. The molecule has 0 unspecified atom stereocenters. The molecular weight excluding hydrogens is 428 g/mol. The van der Waals surface area contributed by atoms with E-state index >= 15 is 0 Å². The zero-order chi connectivity index (χ0) is 22.1. The predicted molar refractivity (Wildman–Crippen MR) is 119 cm³/mol. The van der Waals surface area contributed by atoms with E-state index in [-0.39, 0.29) is 25.0 Å². The van der Waals surface area contributed by atoms with Gasteiger partial charge in [-0.2, -0.15) is 0 Å². The average molecular weight is 446 g/mol. The third-order valence-corrected chi connectivity index (χ3v) is 5.96. The molecule has 0 aliphatic rings. The molecule has 0 aliphatic carbocycles. The number of aryl methyl sites for hydroxylation is 2. The number of carbonyl (C=O) groups is 1. The maximum atomic E-state index is 12.5. The molecule has 5 aromatic rings. The van der Waals surface area contributed by atoms with Crippen molar-refractivity contribution >= 4 is 32.5 Å². The fourth-order valence-corrected chi connectivity index (χ4v) is 4.35. The third kappa shape index (κ3) is 4.02. The van der Waals surface area contributed by atoms with Crippen LogP contribution in [0.15, 0.2) is 63.8 Å². The molecule has 0 spiro atoms. The van der Waals surface area contributed by atoms with Gasteiger partial charge in [0.2, 0.25) is 11.8 Å². The first kappa shape index (κ1) is 20.1. The molecule has 8 nitrogen and oxygen atoms in total. The summed E-state index contributed by atoms with van der Waals surface area (Å²) in [6, 6.07) is 16.7. The molecule has 0 bridgehead atoms. The van der Waals surface area contributed by atoms with Crippen molar-refractivity contribution in [3.63, 3.8) is 0 Å². The van der Waals surface area contributed by atoms with E-state index in [1.54, 1.807) is 4.40 Å². The quantitative estimate of drug-likeness (QED) is 0.364. The molecule has 3 aromatic heterocycles. The summed E-state index contributed by atoms with van der Waals surface area (Å²) >= 11 is 1.42. The topological polar surface area (TPSA) is 99.6 Å². The Morgan fingerprint density at radius 3 is 2.78 bits per heavy atom. The van der Waals surface area contributed by atoms with Gasteiger partial charge >= 0.3 is 5.97 Å². The molecule has 0 saturated carbocycles. The Kier molecular flexibility index (Phi) is 5.24. The number of hydrogen-bond acceptors (Lipinski definition) is 8. The summed E-state index contributed by atoms with van der Waals surface area (Å²) < 4.78 is 13.5. The van der Waals surface area contributed by atoms with E-state index in [9.17, 15) is 9.59 Å². The van der Waals surface area contributed by atoms with Crippen molar-refractivity contribution in [2.24, 2.45) is 0 Å². The molecule has 0 amide bonds. The van der Waals surface area contributed by atoms with Crippen molar-refractivity contribution in [1.82, 2.24) is 19.6 Å². The number of carbonyl (C=O) groups excluding carboxylic acids is 1. The van der Waals surface area contributed by atoms with Crippen LogP contribution < -0.4 is 5.56 Å². The van der Waals surface area contributed by atoms with E-state index in [2.05, 4.69) is 15.2 Å². The van der Waals surface area contributed by atoms with Gasteiger partial charge in [-0.1, -0.05) is 41.2 Å². The highest BCUT2D eigenvalue weighted by Crippen LogP contribution is 2.23. The second-order valence-corrected chi connectivity index (χ2v) is 8.31. The number of fused-ring (bicyclic) bond motifs is 3. The lowest BCUT2D eigenvalue weighted by atomic mass is 10.1. The fourth-order valence-electron chi connectivity index (χ4n) is 3.30. The Balaban J connectivity index is 1.21. The van der Waals surface area contributed by atoms with E-state index in [1.165, 1.54) is 17.4 Å². The molecule has 0 N–H and O–H groups in total. The molecule has 0 saturated heterocycles. The smallest absolute Gasteiger partial charge is 0.306 e. The number of rotatable bonds is 6. The van der Waals surface area contributed by atoms with Crippen LogP contribution in [0, 0.1) is 6.92 Å². The summed E-state index contributed by atoms with van der Waals surface area (Å²) in [5, 5.41) is 8.02. The highest BCUT2D eigenvalue weighted by atomic mass is 32.1. The van der Waals surface area contributed by atoms with Crippen LogP contribution in [0.4, 0.5) is 0 Å². The molecule has 160 valence electrons. The summed E-state index contributed by atoms with van der Waals surface area (Å²) in [6.45, 7) is 1.93. The van der Waals surface area contributed by atoms with Gasteiger partial charge in [0, 0.05) is 18.1 Å². The Morgan fingerprint density at radius 1 is 1.12 bits per heavy atom. The number of benzene rings is 2. The molecule has 0 aliphatic heterocycles. The second-order valence-electron chi connectivity index (χ2n) is 7.30. The van der Waals surface area contributed by atoms with Gasteiger partial charge in [-0.25, -0.2) is 4.98 Å². The number of aromatic nitrogens is 4. The Labute approximate surface area is 186 Å². The SMILES string of the molecule is Cc1ccc(-c2nnc(CCC(=O)OCc3cc(=O)n4c(n3)sc3ccccc34)o2)cc1. The van der Waals surface area contributed by atoms with Gasteiger partial charge in [0.25, 0.3) is 5.56 Å². The number of para-hydroxylation sites is 1. The summed E-state index contributed by atoms with van der Waals surface area (Å²) in [4.78, 5) is 29.7. The molecule has 9 heteroatoms. The van der Waals surface area contributed by atoms with Crippen LogP contribution in [0.5, 0.6) is 0 Å². The lowest BCUT2D eigenvalue weighted by molar-refractivity contribution is -0.145. The van der Waals surface area contributed by atoms with Crippen molar-refractivity contribution in [1.29, 1.82) is 0 Å². The molecule has 0 fully saturated rings. The lowest BCUT2D eigenvalue weighted by Gasteiger charge is -2.04. The summed E-state index contributed by atoms with van der Waals surface area (Å²) in [5.41, 5.74) is 2.99. The zero-order valence-electron chi connectivity index (χ0n) is 17.1. The Morgan fingerprint density at radius 2 is 1.94 bits per heavy atom. The van der Waals surface area contributed by atoms with Crippen molar-refractivity contribution in [2.75, 3.05) is 0 Å². The monoisotopic (exact) mass is 446 g/mol. The third-order valence-electron chi connectivity index (χ3n) is 4.94. The minimum Gasteiger partial charge on any atom is -0.459 e. The molecule has 2 aromatic carbocycles. The van der Waals surface area contributed by atoms with Gasteiger partial charge in [0.05, 0.1) is 22.3 Å². The van der Waals surface area contributed by atoms with Crippen molar-refractivity contribution < 1.29 is 13.9 Å². The molecule has 3 heterocycles. The van der Waals surface area contributed by atoms with E-state index in [0.717, 1.165) is 21.3 Å². The predicted octanol–water partition coefficient (Wildman–Crippen LogP) is 3.94. The largest absolute Gasteiger partial charge is 0.459 e. The van der Waals surface area contributed by atoms with Crippen molar-refractivity contribution in [3.8, 4) is 11.5 Å². The van der Waals surface area contributed by atoms with Crippen LogP contribution in [-0.4, -0.2) is 25.6 Å². The van der Waals surface area contributed by atoms with Crippen LogP contribution in [0.25, 0.3) is 26.6 Å². The van der Waals surface area contributed by atoms with Crippen molar-refractivity contribution in [2.45, 2.75) is 26.4 Å². The number of thiazole rings is 1. The first-order valence-corrected chi connectivity index (χ1v) is 10.8. The van der Waals surface area contributed by atoms with Crippen molar-refractivity contribution in [3.05, 3.63) is 82.1 Å². The van der Waals surface area contributed by atoms with Crippen LogP contribution in [0.3, 0.4) is 0 Å². The Bertz CT molecular complexity index is 1480. The molecule has 32 heavy (non-hydrogen) atoms. The maximum absolute atomic E-state index is 12.5. The summed E-state index contributed by atoms with van der Waals surface area (Å²) in [5.74, 6) is 0.341.